The maximum atomic E-state index is 13.3. The van der Waals surface area contributed by atoms with Gasteiger partial charge in [-0.05, 0) is 43.3 Å². The SMILES string of the molecule is COc1ccc(-c2ccco2)c2[nH]cc(C(=O)C(=O)N3CCN(C(=O)c4cccc(C)c4)CC3)c12. The number of aromatic nitrogens is 1. The fourth-order valence-corrected chi connectivity index (χ4v) is 4.54. The van der Waals surface area contributed by atoms with Crippen LogP contribution in [0.15, 0.2) is 65.4 Å². The summed E-state index contributed by atoms with van der Waals surface area (Å²) in [7, 11) is 1.52. The lowest BCUT2D eigenvalue weighted by molar-refractivity contribution is -0.127. The number of hydrogen-bond donors (Lipinski definition) is 1. The van der Waals surface area contributed by atoms with Crippen molar-refractivity contribution in [1.82, 2.24) is 14.8 Å². The van der Waals surface area contributed by atoms with Crippen LogP contribution in [0.25, 0.3) is 22.2 Å². The molecule has 2 aromatic heterocycles. The normalized spacial score (nSPS) is 13.8. The van der Waals surface area contributed by atoms with Gasteiger partial charge < -0.3 is 23.9 Å². The number of aryl methyl sites for hydroxylation is 1. The Labute approximate surface area is 202 Å². The summed E-state index contributed by atoms with van der Waals surface area (Å²) in [6, 6.07) is 14.6. The van der Waals surface area contributed by atoms with Crippen molar-refractivity contribution >= 4 is 28.5 Å². The van der Waals surface area contributed by atoms with E-state index in [2.05, 4.69) is 4.98 Å². The maximum Gasteiger partial charge on any atom is 0.295 e. The molecular weight excluding hydrogens is 446 g/mol. The van der Waals surface area contributed by atoms with Crippen molar-refractivity contribution in [1.29, 1.82) is 0 Å². The molecule has 8 heteroatoms. The number of amides is 2. The molecule has 1 fully saturated rings. The molecule has 4 aromatic rings. The summed E-state index contributed by atoms with van der Waals surface area (Å²) in [5, 5.41) is 0.535. The lowest BCUT2D eigenvalue weighted by atomic mass is 10.0. The summed E-state index contributed by atoms with van der Waals surface area (Å²) in [6.07, 6.45) is 3.12. The number of aromatic amines is 1. The summed E-state index contributed by atoms with van der Waals surface area (Å²) in [4.78, 5) is 45.6. The quantitative estimate of drug-likeness (QED) is 0.352. The minimum absolute atomic E-state index is 0.0704. The van der Waals surface area contributed by atoms with E-state index in [1.807, 2.05) is 37.3 Å². The van der Waals surface area contributed by atoms with Crippen LogP contribution in [0.2, 0.25) is 0 Å². The monoisotopic (exact) mass is 471 g/mol. The molecule has 2 aromatic carbocycles. The molecule has 178 valence electrons. The van der Waals surface area contributed by atoms with E-state index in [1.165, 1.54) is 18.2 Å². The van der Waals surface area contributed by atoms with E-state index in [9.17, 15) is 14.4 Å². The van der Waals surface area contributed by atoms with Crippen LogP contribution in [0.1, 0.15) is 26.3 Å². The average molecular weight is 472 g/mol. The molecule has 1 N–H and O–H groups in total. The van der Waals surface area contributed by atoms with E-state index >= 15 is 0 Å². The molecule has 0 spiro atoms. The number of piperazine rings is 1. The highest BCUT2D eigenvalue weighted by atomic mass is 16.5. The number of ketones is 1. The summed E-state index contributed by atoms with van der Waals surface area (Å²) in [5.41, 5.74) is 3.30. The molecule has 1 saturated heterocycles. The van der Waals surface area contributed by atoms with Crippen molar-refractivity contribution in [3.63, 3.8) is 0 Å². The zero-order valence-electron chi connectivity index (χ0n) is 19.5. The summed E-state index contributed by atoms with van der Waals surface area (Å²) >= 11 is 0. The lowest BCUT2D eigenvalue weighted by Gasteiger charge is -2.34. The molecule has 3 heterocycles. The molecule has 0 aliphatic carbocycles. The molecule has 1 aliphatic rings. The predicted molar refractivity (Wildman–Crippen MR) is 131 cm³/mol. The molecule has 2 amide bonds. The van der Waals surface area contributed by atoms with Crippen LogP contribution >= 0.6 is 0 Å². The first-order valence-electron chi connectivity index (χ1n) is 11.4. The zero-order chi connectivity index (χ0) is 24.5. The molecule has 5 rings (SSSR count). The number of fused-ring (bicyclic) bond motifs is 1. The van der Waals surface area contributed by atoms with E-state index < -0.39 is 11.7 Å². The Hall–Kier alpha value is -4.33. The fourth-order valence-electron chi connectivity index (χ4n) is 4.54. The number of Topliss-reactive ketones (excluding diaryl/α,β-unsaturated/α-hetero) is 1. The molecule has 1 aliphatic heterocycles. The number of methoxy groups -OCH3 is 1. The first-order valence-corrected chi connectivity index (χ1v) is 11.4. The van der Waals surface area contributed by atoms with Crippen LogP contribution in [0.4, 0.5) is 0 Å². The van der Waals surface area contributed by atoms with Crippen LogP contribution in [0, 0.1) is 6.92 Å². The van der Waals surface area contributed by atoms with Gasteiger partial charge in [-0.1, -0.05) is 17.7 Å². The predicted octanol–water partition coefficient (Wildman–Crippen LogP) is 3.91. The number of carbonyl (C=O) groups is 3. The third-order valence-electron chi connectivity index (χ3n) is 6.36. The van der Waals surface area contributed by atoms with Gasteiger partial charge in [-0.3, -0.25) is 14.4 Å². The molecule has 0 unspecified atom stereocenters. The Morgan fingerprint density at radius 3 is 2.43 bits per heavy atom. The van der Waals surface area contributed by atoms with Crippen LogP contribution in [-0.4, -0.2) is 65.7 Å². The summed E-state index contributed by atoms with van der Waals surface area (Å²) < 4.78 is 11.0. The van der Waals surface area contributed by atoms with Gasteiger partial charge in [-0.25, -0.2) is 0 Å². The van der Waals surface area contributed by atoms with Crippen LogP contribution in [0.5, 0.6) is 5.75 Å². The number of rotatable bonds is 5. The van der Waals surface area contributed by atoms with Crippen LogP contribution < -0.4 is 4.74 Å². The van der Waals surface area contributed by atoms with Crippen molar-refractivity contribution < 1.29 is 23.5 Å². The van der Waals surface area contributed by atoms with Gasteiger partial charge in [-0.15, -0.1) is 0 Å². The van der Waals surface area contributed by atoms with E-state index in [0.29, 0.717) is 54.2 Å². The number of carbonyl (C=O) groups excluding carboxylic acids is 3. The first-order chi connectivity index (χ1) is 17.0. The van der Waals surface area contributed by atoms with Crippen molar-refractivity contribution in [2.75, 3.05) is 33.3 Å². The van der Waals surface area contributed by atoms with Gasteiger partial charge in [-0.2, -0.15) is 0 Å². The molecule has 35 heavy (non-hydrogen) atoms. The Kier molecular flexibility index (Phi) is 5.86. The number of nitrogens with one attached hydrogen (secondary N) is 1. The fraction of sp³-hybridized carbons (Fsp3) is 0.222. The molecular formula is C27H25N3O5. The van der Waals surface area contributed by atoms with E-state index in [1.54, 1.807) is 29.4 Å². The Morgan fingerprint density at radius 2 is 1.74 bits per heavy atom. The van der Waals surface area contributed by atoms with E-state index in [-0.39, 0.29) is 11.5 Å². The van der Waals surface area contributed by atoms with Gasteiger partial charge in [0.15, 0.2) is 0 Å². The largest absolute Gasteiger partial charge is 0.496 e. The summed E-state index contributed by atoms with van der Waals surface area (Å²) in [5.74, 6) is -0.164. The molecule has 0 radical (unpaired) electrons. The standard InChI is InChI=1S/C27H25N3O5/c1-17-5-3-6-18(15-17)26(32)29-10-12-30(13-11-29)27(33)25(31)20-16-28-24-19(21-7-4-14-35-21)8-9-22(34-2)23(20)24/h3-9,14-16,28H,10-13H2,1-2H3. The topological polar surface area (TPSA) is 95.8 Å². The Morgan fingerprint density at radius 1 is 0.971 bits per heavy atom. The van der Waals surface area contributed by atoms with Crippen molar-refractivity contribution in [2.24, 2.45) is 0 Å². The molecule has 8 nitrogen and oxygen atoms in total. The second-order valence-electron chi connectivity index (χ2n) is 8.53. The number of ether oxygens (including phenoxy) is 1. The summed E-state index contributed by atoms with van der Waals surface area (Å²) in [6.45, 7) is 3.26. The minimum atomic E-state index is -0.621. The first kappa shape index (κ1) is 22.5. The van der Waals surface area contributed by atoms with Gasteiger partial charge in [0.05, 0.1) is 29.8 Å². The highest BCUT2D eigenvalue weighted by Gasteiger charge is 2.31. The highest BCUT2D eigenvalue weighted by Crippen LogP contribution is 2.36. The minimum Gasteiger partial charge on any atom is -0.496 e. The number of nitrogens with zero attached hydrogens (tertiary/aromatic N) is 2. The Balaban J connectivity index is 1.35. The maximum absolute atomic E-state index is 13.3. The van der Waals surface area contributed by atoms with Crippen molar-refractivity contribution in [3.8, 4) is 17.1 Å². The molecule has 0 bridgehead atoms. The van der Waals surface area contributed by atoms with Gasteiger partial charge >= 0.3 is 0 Å². The second kappa shape index (κ2) is 9.13. The van der Waals surface area contributed by atoms with Gasteiger partial charge in [0.1, 0.15) is 11.5 Å². The Bertz CT molecular complexity index is 1410. The number of furan rings is 1. The molecule has 0 saturated carbocycles. The van der Waals surface area contributed by atoms with Crippen molar-refractivity contribution in [2.45, 2.75) is 6.92 Å². The second-order valence-corrected chi connectivity index (χ2v) is 8.53. The highest BCUT2D eigenvalue weighted by molar-refractivity contribution is 6.45. The lowest BCUT2D eigenvalue weighted by Crippen LogP contribution is -2.52. The number of hydrogen-bond acceptors (Lipinski definition) is 5. The van der Waals surface area contributed by atoms with Gasteiger partial charge in [0.2, 0.25) is 0 Å². The van der Waals surface area contributed by atoms with Crippen LogP contribution in [-0.2, 0) is 4.79 Å². The van der Waals surface area contributed by atoms with Crippen molar-refractivity contribution in [3.05, 3.63) is 77.7 Å². The smallest absolute Gasteiger partial charge is 0.295 e. The molecule has 0 atom stereocenters. The number of benzene rings is 2. The zero-order valence-corrected chi connectivity index (χ0v) is 19.5. The van der Waals surface area contributed by atoms with E-state index in [4.69, 9.17) is 9.15 Å². The number of H-pyrrole nitrogens is 1. The third-order valence-corrected chi connectivity index (χ3v) is 6.36. The average Bonchev–Trinajstić information content (AvgIpc) is 3.58. The third kappa shape index (κ3) is 4.07. The van der Waals surface area contributed by atoms with Crippen LogP contribution in [0.3, 0.4) is 0 Å². The van der Waals surface area contributed by atoms with Gasteiger partial charge in [0.25, 0.3) is 17.6 Å². The van der Waals surface area contributed by atoms with E-state index in [0.717, 1.165) is 11.1 Å². The van der Waals surface area contributed by atoms with Gasteiger partial charge in [0, 0.05) is 43.5 Å².